The molecule has 7 nitrogen and oxygen atoms in total. The van der Waals surface area contributed by atoms with Crippen LogP contribution in [0.4, 0.5) is 11.4 Å². The lowest BCUT2D eigenvalue weighted by Gasteiger charge is -2.16. The average Bonchev–Trinajstić information content (AvgIpc) is 2.79. The molecule has 3 rings (SSSR count). The maximum atomic E-state index is 10.8. The Hall–Kier alpha value is -3.40. The minimum absolute atomic E-state index is 0.0270. The van der Waals surface area contributed by atoms with Crippen LogP contribution in [0.1, 0.15) is 16.7 Å². The zero-order chi connectivity index (χ0) is 22.9. The van der Waals surface area contributed by atoms with Gasteiger partial charge in [-0.1, -0.05) is 18.2 Å². The predicted octanol–water partition coefficient (Wildman–Crippen LogP) is 5.96. The van der Waals surface area contributed by atoms with E-state index in [0.717, 1.165) is 16.7 Å². The highest BCUT2D eigenvalue weighted by molar-refractivity contribution is 14.1. The monoisotopic (exact) mass is 543 g/mol. The number of benzene rings is 3. The van der Waals surface area contributed by atoms with E-state index in [9.17, 15) is 10.1 Å². The molecule has 0 amide bonds. The van der Waals surface area contributed by atoms with Crippen LogP contribution in [0.2, 0.25) is 0 Å². The Morgan fingerprint density at radius 3 is 2.50 bits per heavy atom. The van der Waals surface area contributed by atoms with Crippen LogP contribution in [0.3, 0.4) is 0 Å². The smallest absolute Gasteiger partial charge is 0.269 e. The number of nitro benzene ring substituents is 1. The SMILES string of the molecule is C=CCc1cc(/C=N/Nc2ccc([N+](=O)[O-])cc2)cc(OC)c1OCc1ccc(I)cc1. The summed E-state index contributed by atoms with van der Waals surface area (Å²) in [5.41, 5.74) is 6.35. The van der Waals surface area contributed by atoms with Crippen molar-refractivity contribution in [3.63, 3.8) is 0 Å². The first kappa shape index (κ1) is 23.3. The molecule has 0 atom stereocenters. The van der Waals surface area contributed by atoms with Gasteiger partial charge in [-0.3, -0.25) is 15.5 Å². The van der Waals surface area contributed by atoms with Gasteiger partial charge in [-0.2, -0.15) is 5.10 Å². The number of hydrogen-bond acceptors (Lipinski definition) is 6. The van der Waals surface area contributed by atoms with E-state index in [-0.39, 0.29) is 5.69 Å². The number of non-ortho nitro benzene ring substituents is 1. The van der Waals surface area contributed by atoms with Crippen molar-refractivity contribution in [2.75, 3.05) is 12.5 Å². The fourth-order valence-corrected chi connectivity index (χ4v) is 3.32. The van der Waals surface area contributed by atoms with Gasteiger partial charge in [0.05, 0.1) is 23.9 Å². The largest absolute Gasteiger partial charge is 0.493 e. The molecule has 0 spiro atoms. The predicted molar refractivity (Wildman–Crippen MR) is 135 cm³/mol. The fraction of sp³-hybridized carbons (Fsp3) is 0.125. The van der Waals surface area contributed by atoms with Crippen molar-refractivity contribution in [2.45, 2.75) is 13.0 Å². The van der Waals surface area contributed by atoms with Crippen LogP contribution in [0.25, 0.3) is 0 Å². The second kappa shape index (κ2) is 11.3. The molecule has 0 heterocycles. The van der Waals surface area contributed by atoms with Crippen molar-refractivity contribution < 1.29 is 14.4 Å². The van der Waals surface area contributed by atoms with Gasteiger partial charge in [0.15, 0.2) is 11.5 Å². The topological polar surface area (TPSA) is 86.0 Å². The molecule has 0 saturated carbocycles. The first-order chi connectivity index (χ1) is 15.5. The van der Waals surface area contributed by atoms with Crippen molar-refractivity contribution in [2.24, 2.45) is 5.10 Å². The van der Waals surface area contributed by atoms with Gasteiger partial charge in [0.2, 0.25) is 0 Å². The van der Waals surface area contributed by atoms with Crippen molar-refractivity contribution in [3.8, 4) is 11.5 Å². The van der Waals surface area contributed by atoms with Crippen LogP contribution in [0.15, 0.2) is 78.4 Å². The number of nitrogens with one attached hydrogen (secondary N) is 1. The molecule has 0 aliphatic carbocycles. The van der Waals surface area contributed by atoms with Crippen LogP contribution in [0.5, 0.6) is 11.5 Å². The Labute approximate surface area is 200 Å². The highest BCUT2D eigenvalue weighted by atomic mass is 127. The molecule has 164 valence electrons. The van der Waals surface area contributed by atoms with E-state index in [2.05, 4.69) is 39.7 Å². The zero-order valence-corrected chi connectivity index (χ0v) is 19.6. The summed E-state index contributed by atoms with van der Waals surface area (Å²) in [6.07, 6.45) is 4.07. The molecule has 32 heavy (non-hydrogen) atoms. The lowest BCUT2D eigenvalue weighted by atomic mass is 10.1. The van der Waals surface area contributed by atoms with Crippen molar-refractivity contribution in [1.82, 2.24) is 0 Å². The Kier molecular flexibility index (Phi) is 8.20. The first-order valence-corrected chi connectivity index (χ1v) is 10.8. The number of halogens is 1. The van der Waals surface area contributed by atoms with E-state index >= 15 is 0 Å². The standard InChI is InChI=1S/C24H22IN3O4/c1-3-4-19-13-18(15-26-27-21-9-11-22(12-10-21)28(29)30)14-23(31-2)24(19)32-16-17-5-7-20(25)8-6-17/h3,5-15,27H,1,4,16H2,2H3/b26-15+. The number of nitro groups is 1. The molecule has 3 aromatic carbocycles. The number of allylic oxidation sites excluding steroid dienone is 1. The molecule has 8 heteroatoms. The summed E-state index contributed by atoms with van der Waals surface area (Å²) < 4.78 is 12.8. The van der Waals surface area contributed by atoms with Gasteiger partial charge in [0.1, 0.15) is 6.61 Å². The lowest BCUT2D eigenvalue weighted by Crippen LogP contribution is -2.02. The third kappa shape index (κ3) is 6.30. The number of ether oxygens (including phenoxy) is 2. The van der Waals surface area contributed by atoms with Crippen molar-refractivity contribution in [1.29, 1.82) is 0 Å². The van der Waals surface area contributed by atoms with E-state index in [1.807, 2.05) is 42.5 Å². The number of methoxy groups -OCH3 is 1. The van der Waals surface area contributed by atoms with Gasteiger partial charge < -0.3 is 9.47 Å². The zero-order valence-electron chi connectivity index (χ0n) is 17.5. The van der Waals surface area contributed by atoms with Gasteiger partial charge in [0.25, 0.3) is 5.69 Å². The molecule has 0 aromatic heterocycles. The second-order valence-electron chi connectivity index (χ2n) is 6.79. The maximum Gasteiger partial charge on any atom is 0.269 e. The number of hydrazone groups is 1. The molecular weight excluding hydrogens is 521 g/mol. The van der Waals surface area contributed by atoms with Gasteiger partial charge in [-0.15, -0.1) is 6.58 Å². The molecule has 0 aliphatic rings. The summed E-state index contributed by atoms with van der Waals surface area (Å²) in [5.74, 6) is 1.28. The second-order valence-corrected chi connectivity index (χ2v) is 8.04. The van der Waals surface area contributed by atoms with Crippen LogP contribution < -0.4 is 14.9 Å². The van der Waals surface area contributed by atoms with E-state index in [1.54, 1.807) is 25.5 Å². The Morgan fingerprint density at radius 1 is 1.16 bits per heavy atom. The normalized spacial score (nSPS) is 10.7. The summed E-state index contributed by atoms with van der Waals surface area (Å²) in [6.45, 7) is 4.26. The third-order valence-corrected chi connectivity index (χ3v) is 5.24. The molecule has 0 aliphatic heterocycles. The summed E-state index contributed by atoms with van der Waals surface area (Å²) in [5, 5.41) is 15.0. The molecule has 1 N–H and O–H groups in total. The molecule has 3 aromatic rings. The van der Waals surface area contributed by atoms with Crippen LogP contribution >= 0.6 is 22.6 Å². The first-order valence-electron chi connectivity index (χ1n) is 9.72. The highest BCUT2D eigenvalue weighted by Gasteiger charge is 2.13. The van der Waals surface area contributed by atoms with Crippen LogP contribution in [0, 0.1) is 13.7 Å². The number of anilines is 1. The van der Waals surface area contributed by atoms with Gasteiger partial charge in [-0.05, 0) is 76.5 Å². The lowest BCUT2D eigenvalue weighted by molar-refractivity contribution is -0.384. The van der Waals surface area contributed by atoms with E-state index < -0.39 is 4.92 Å². The summed E-state index contributed by atoms with van der Waals surface area (Å²) in [6, 6.07) is 18.0. The van der Waals surface area contributed by atoms with Crippen LogP contribution in [-0.2, 0) is 13.0 Å². The summed E-state index contributed by atoms with van der Waals surface area (Å²) in [7, 11) is 1.60. The van der Waals surface area contributed by atoms with Gasteiger partial charge in [0, 0.05) is 21.3 Å². The molecule has 0 unspecified atom stereocenters. The maximum absolute atomic E-state index is 10.8. The minimum atomic E-state index is -0.442. The average molecular weight is 543 g/mol. The quantitative estimate of drug-likeness (QED) is 0.112. The van der Waals surface area contributed by atoms with Crippen LogP contribution in [-0.4, -0.2) is 18.2 Å². The van der Waals surface area contributed by atoms with Crippen molar-refractivity contribution >= 4 is 40.2 Å². The van der Waals surface area contributed by atoms with E-state index in [1.165, 1.54) is 15.7 Å². The number of nitrogens with zero attached hydrogens (tertiary/aromatic N) is 2. The van der Waals surface area contributed by atoms with Gasteiger partial charge >= 0.3 is 0 Å². The fourth-order valence-electron chi connectivity index (χ4n) is 2.96. The Bertz CT molecular complexity index is 1110. The van der Waals surface area contributed by atoms with Gasteiger partial charge in [-0.25, -0.2) is 0 Å². The van der Waals surface area contributed by atoms with E-state index in [0.29, 0.717) is 30.2 Å². The molecule has 0 radical (unpaired) electrons. The Balaban J connectivity index is 1.77. The number of rotatable bonds is 10. The Morgan fingerprint density at radius 2 is 1.88 bits per heavy atom. The molecule has 0 bridgehead atoms. The minimum Gasteiger partial charge on any atom is -0.493 e. The third-order valence-electron chi connectivity index (χ3n) is 4.52. The molecular formula is C24H22IN3O4. The van der Waals surface area contributed by atoms with Crippen molar-refractivity contribution in [3.05, 3.63) is 104 Å². The molecule has 0 fully saturated rings. The summed E-state index contributed by atoms with van der Waals surface area (Å²) >= 11 is 2.27. The summed E-state index contributed by atoms with van der Waals surface area (Å²) in [4.78, 5) is 10.3. The number of hydrogen-bond donors (Lipinski definition) is 1. The molecule has 0 saturated heterocycles. The highest BCUT2D eigenvalue weighted by Crippen LogP contribution is 2.34. The van der Waals surface area contributed by atoms with E-state index in [4.69, 9.17) is 9.47 Å².